The molecule has 1 aromatic heterocycles. The number of thioether (sulfide) groups is 1. The standard InChI is InChI=1S/C23H19N3O2S2/c1-29-17-7-4-6-16(12-17)26-13-15(11-20(26)27)22(28)25-23-24-21-18-8-3-2-5-14(18)9-10-19(21)30-23/h2-10,12,15H,11,13H2,1H3,(H,24,25,28)/t15-/m1/s1. The summed E-state index contributed by atoms with van der Waals surface area (Å²) in [5.41, 5.74) is 1.74. The van der Waals surface area contributed by atoms with E-state index >= 15 is 0 Å². The van der Waals surface area contributed by atoms with Gasteiger partial charge < -0.3 is 10.2 Å². The van der Waals surface area contributed by atoms with Crippen LogP contribution in [-0.4, -0.2) is 29.6 Å². The van der Waals surface area contributed by atoms with E-state index in [-0.39, 0.29) is 24.2 Å². The van der Waals surface area contributed by atoms with Crippen molar-refractivity contribution in [3.63, 3.8) is 0 Å². The molecule has 7 heteroatoms. The topological polar surface area (TPSA) is 62.3 Å². The first-order valence-electron chi connectivity index (χ1n) is 9.66. The molecule has 0 aliphatic carbocycles. The zero-order chi connectivity index (χ0) is 20.7. The lowest BCUT2D eigenvalue weighted by Gasteiger charge is -2.17. The van der Waals surface area contributed by atoms with Gasteiger partial charge in [-0.05, 0) is 35.9 Å². The highest BCUT2D eigenvalue weighted by molar-refractivity contribution is 7.98. The fraction of sp³-hybridized carbons (Fsp3) is 0.174. The number of aromatic nitrogens is 1. The van der Waals surface area contributed by atoms with Gasteiger partial charge in [-0.1, -0.05) is 47.7 Å². The maximum absolute atomic E-state index is 12.9. The number of hydrogen-bond acceptors (Lipinski definition) is 5. The Bertz CT molecular complexity index is 1280. The van der Waals surface area contributed by atoms with Crippen LogP contribution >= 0.6 is 23.1 Å². The molecule has 2 amide bonds. The Morgan fingerprint density at radius 3 is 2.90 bits per heavy atom. The van der Waals surface area contributed by atoms with Gasteiger partial charge in [0.15, 0.2) is 5.13 Å². The van der Waals surface area contributed by atoms with Gasteiger partial charge in [0.05, 0.1) is 16.1 Å². The van der Waals surface area contributed by atoms with Crippen molar-refractivity contribution in [1.29, 1.82) is 0 Å². The number of hydrogen-bond donors (Lipinski definition) is 1. The fourth-order valence-electron chi connectivity index (χ4n) is 3.83. The average molecular weight is 434 g/mol. The summed E-state index contributed by atoms with van der Waals surface area (Å²) in [6, 6.07) is 20.0. The van der Waals surface area contributed by atoms with Crippen LogP contribution in [0, 0.1) is 5.92 Å². The average Bonchev–Trinajstić information content (AvgIpc) is 3.37. The third-order valence-corrected chi connectivity index (χ3v) is 7.04. The molecule has 0 radical (unpaired) electrons. The van der Waals surface area contributed by atoms with Gasteiger partial charge in [-0.3, -0.25) is 9.59 Å². The van der Waals surface area contributed by atoms with Gasteiger partial charge in [0.2, 0.25) is 11.8 Å². The van der Waals surface area contributed by atoms with Crippen LogP contribution in [0.2, 0.25) is 0 Å². The number of nitrogens with one attached hydrogen (secondary N) is 1. The van der Waals surface area contributed by atoms with Crippen LogP contribution in [0.1, 0.15) is 6.42 Å². The van der Waals surface area contributed by atoms with Gasteiger partial charge in [0.1, 0.15) is 0 Å². The minimum Gasteiger partial charge on any atom is -0.312 e. The first kappa shape index (κ1) is 19.1. The number of anilines is 2. The van der Waals surface area contributed by atoms with Gasteiger partial charge >= 0.3 is 0 Å². The number of nitrogens with zero attached hydrogens (tertiary/aromatic N) is 2. The number of carbonyl (C=O) groups is 2. The van der Waals surface area contributed by atoms with Crippen molar-refractivity contribution < 1.29 is 9.59 Å². The molecule has 1 fully saturated rings. The Kier molecular flexibility index (Phi) is 4.92. The van der Waals surface area contributed by atoms with Gasteiger partial charge in [0.25, 0.3) is 0 Å². The summed E-state index contributed by atoms with van der Waals surface area (Å²) in [7, 11) is 0. The Hall–Kier alpha value is -2.90. The van der Waals surface area contributed by atoms with E-state index in [0.29, 0.717) is 11.7 Å². The highest BCUT2D eigenvalue weighted by Crippen LogP contribution is 2.33. The van der Waals surface area contributed by atoms with Crippen LogP contribution in [0.15, 0.2) is 65.6 Å². The van der Waals surface area contributed by atoms with E-state index in [1.807, 2.05) is 54.8 Å². The maximum atomic E-state index is 12.9. The summed E-state index contributed by atoms with van der Waals surface area (Å²) in [5.74, 6) is -0.571. The molecule has 5 rings (SSSR count). The van der Waals surface area contributed by atoms with Crippen molar-refractivity contribution in [3.8, 4) is 0 Å². The van der Waals surface area contributed by atoms with Crippen molar-refractivity contribution in [2.45, 2.75) is 11.3 Å². The van der Waals surface area contributed by atoms with Crippen molar-refractivity contribution in [1.82, 2.24) is 4.98 Å². The van der Waals surface area contributed by atoms with Gasteiger partial charge in [-0.2, -0.15) is 0 Å². The lowest BCUT2D eigenvalue weighted by Crippen LogP contribution is -2.28. The Morgan fingerprint density at radius 2 is 2.03 bits per heavy atom. The second-order valence-electron chi connectivity index (χ2n) is 7.25. The lowest BCUT2D eigenvalue weighted by atomic mass is 10.1. The van der Waals surface area contributed by atoms with Crippen molar-refractivity contribution in [3.05, 3.63) is 60.7 Å². The molecule has 5 nitrogen and oxygen atoms in total. The minimum atomic E-state index is -0.390. The molecule has 1 saturated heterocycles. The third-order valence-electron chi connectivity index (χ3n) is 5.37. The molecule has 0 saturated carbocycles. The molecule has 1 aliphatic rings. The summed E-state index contributed by atoms with van der Waals surface area (Å²) >= 11 is 3.09. The smallest absolute Gasteiger partial charge is 0.231 e. The molecule has 4 aromatic rings. The number of rotatable bonds is 4. The summed E-state index contributed by atoms with van der Waals surface area (Å²) in [6.45, 7) is 0.385. The molecule has 1 N–H and O–H groups in total. The largest absolute Gasteiger partial charge is 0.312 e. The van der Waals surface area contributed by atoms with E-state index in [1.165, 1.54) is 11.3 Å². The molecule has 1 aliphatic heterocycles. The lowest BCUT2D eigenvalue weighted by molar-refractivity contribution is -0.122. The molecule has 2 heterocycles. The number of thiazole rings is 1. The Labute approximate surface area is 182 Å². The van der Waals surface area contributed by atoms with E-state index in [1.54, 1.807) is 16.7 Å². The molecule has 0 unspecified atom stereocenters. The summed E-state index contributed by atoms with van der Waals surface area (Å²) in [6.07, 6.45) is 2.21. The van der Waals surface area contributed by atoms with E-state index in [0.717, 1.165) is 31.6 Å². The molecule has 1 atom stereocenters. The van der Waals surface area contributed by atoms with Gasteiger partial charge in [-0.25, -0.2) is 4.98 Å². The van der Waals surface area contributed by atoms with Crippen LogP contribution in [0.5, 0.6) is 0 Å². The predicted octanol–water partition coefficient (Wildman–Crippen LogP) is 5.16. The Balaban J connectivity index is 1.35. The molecule has 0 bridgehead atoms. The molecule has 150 valence electrons. The number of benzene rings is 3. The summed E-state index contributed by atoms with van der Waals surface area (Å²) in [5, 5.41) is 5.70. The van der Waals surface area contributed by atoms with Crippen LogP contribution in [-0.2, 0) is 9.59 Å². The summed E-state index contributed by atoms with van der Waals surface area (Å²) in [4.78, 5) is 32.9. The number of fused-ring (bicyclic) bond motifs is 3. The Morgan fingerprint density at radius 1 is 1.17 bits per heavy atom. The first-order chi connectivity index (χ1) is 14.6. The summed E-state index contributed by atoms with van der Waals surface area (Å²) < 4.78 is 1.03. The number of amides is 2. The zero-order valence-corrected chi connectivity index (χ0v) is 17.9. The SMILES string of the molecule is CSc1cccc(N2C[C@H](C(=O)Nc3nc4c(ccc5ccccc54)s3)CC2=O)c1. The molecule has 30 heavy (non-hydrogen) atoms. The highest BCUT2D eigenvalue weighted by Gasteiger charge is 2.35. The van der Waals surface area contributed by atoms with E-state index in [9.17, 15) is 9.59 Å². The van der Waals surface area contributed by atoms with E-state index in [2.05, 4.69) is 22.4 Å². The first-order valence-corrected chi connectivity index (χ1v) is 11.7. The quantitative estimate of drug-likeness (QED) is 0.452. The van der Waals surface area contributed by atoms with Crippen LogP contribution in [0.4, 0.5) is 10.8 Å². The normalized spacial score (nSPS) is 16.5. The molecule has 0 spiro atoms. The zero-order valence-electron chi connectivity index (χ0n) is 16.3. The monoisotopic (exact) mass is 433 g/mol. The maximum Gasteiger partial charge on any atom is 0.231 e. The molecule has 3 aromatic carbocycles. The fourth-order valence-corrected chi connectivity index (χ4v) is 5.17. The highest BCUT2D eigenvalue weighted by atomic mass is 32.2. The molecular weight excluding hydrogens is 414 g/mol. The van der Waals surface area contributed by atoms with Crippen LogP contribution in [0.3, 0.4) is 0 Å². The van der Waals surface area contributed by atoms with Crippen molar-refractivity contribution in [2.75, 3.05) is 23.0 Å². The minimum absolute atomic E-state index is 0.0244. The van der Waals surface area contributed by atoms with Gasteiger partial charge in [-0.15, -0.1) is 11.8 Å². The van der Waals surface area contributed by atoms with Crippen LogP contribution in [0.25, 0.3) is 21.0 Å². The van der Waals surface area contributed by atoms with E-state index < -0.39 is 0 Å². The van der Waals surface area contributed by atoms with Gasteiger partial charge in [0, 0.05) is 28.9 Å². The van der Waals surface area contributed by atoms with E-state index in [4.69, 9.17) is 0 Å². The van der Waals surface area contributed by atoms with Crippen LogP contribution < -0.4 is 10.2 Å². The second kappa shape index (κ2) is 7.74. The van der Waals surface area contributed by atoms with Crippen molar-refractivity contribution in [2.24, 2.45) is 5.92 Å². The predicted molar refractivity (Wildman–Crippen MR) is 124 cm³/mol. The number of carbonyl (C=O) groups excluding carboxylic acids is 2. The molecular formula is C23H19N3O2S2. The van der Waals surface area contributed by atoms with Crippen molar-refractivity contribution >= 4 is 66.7 Å². The second-order valence-corrected chi connectivity index (χ2v) is 9.16. The third kappa shape index (κ3) is 3.44.